The van der Waals surface area contributed by atoms with Gasteiger partial charge >= 0.3 is 0 Å². The van der Waals surface area contributed by atoms with Gasteiger partial charge in [0, 0.05) is 15.6 Å². The van der Waals surface area contributed by atoms with Gasteiger partial charge in [-0.05, 0) is 34.1 Å². The zero-order chi connectivity index (χ0) is 15.6. The molecule has 0 aliphatic rings. The summed E-state index contributed by atoms with van der Waals surface area (Å²) in [5.74, 6) is 0.977. The van der Waals surface area contributed by atoms with Crippen LogP contribution in [0.4, 0.5) is 4.39 Å². The van der Waals surface area contributed by atoms with E-state index in [2.05, 4.69) is 47.8 Å². The maximum Gasteiger partial charge on any atom is 0.141 e. The topological polar surface area (TPSA) is 18.5 Å². The summed E-state index contributed by atoms with van der Waals surface area (Å²) in [6, 6.07) is 8.64. The zero-order valence-electron chi connectivity index (χ0n) is 11.3. The van der Waals surface area contributed by atoms with Gasteiger partial charge in [0.25, 0.3) is 0 Å². The maximum absolute atomic E-state index is 14.1. The zero-order valence-corrected chi connectivity index (χ0v) is 16.1. The summed E-state index contributed by atoms with van der Waals surface area (Å²) in [7, 11) is 3.15. The van der Waals surface area contributed by atoms with Gasteiger partial charge in [-0.25, -0.2) is 4.39 Å². The predicted octanol–water partition coefficient (Wildman–Crippen LogP) is 5.85. The highest BCUT2D eigenvalue weighted by atomic mass is 79.9. The minimum Gasteiger partial charge on any atom is -0.495 e. The van der Waals surface area contributed by atoms with Crippen molar-refractivity contribution in [1.82, 2.24) is 0 Å². The van der Waals surface area contributed by atoms with Crippen LogP contribution in [0.25, 0.3) is 0 Å². The lowest BCUT2D eigenvalue weighted by molar-refractivity contribution is 0.386. The lowest BCUT2D eigenvalue weighted by Crippen LogP contribution is -2.01. The van der Waals surface area contributed by atoms with Crippen LogP contribution in [0, 0.1) is 5.82 Å². The summed E-state index contributed by atoms with van der Waals surface area (Å²) >= 11 is 10.3. The highest BCUT2D eigenvalue weighted by Crippen LogP contribution is 2.44. The van der Waals surface area contributed by atoms with Crippen LogP contribution in [-0.2, 0) is 0 Å². The van der Waals surface area contributed by atoms with E-state index < -0.39 is 0 Å². The molecule has 0 amide bonds. The van der Waals surface area contributed by atoms with Crippen molar-refractivity contribution in [2.24, 2.45) is 0 Å². The normalized spacial score (nSPS) is 12.1. The van der Waals surface area contributed by atoms with Crippen LogP contribution in [0.5, 0.6) is 11.5 Å². The fourth-order valence-corrected chi connectivity index (χ4v) is 3.74. The Balaban J connectivity index is 2.52. The molecule has 0 aliphatic carbocycles. The molecule has 112 valence electrons. The summed E-state index contributed by atoms with van der Waals surface area (Å²) in [4.78, 5) is -0.331. The summed E-state index contributed by atoms with van der Waals surface area (Å²) in [6.07, 6.45) is 0. The molecule has 0 heterocycles. The molecule has 0 radical (unpaired) electrons. The van der Waals surface area contributed by atoms with Crippen molar-refractivity contribution in [3.63, 3.8) is 0 Å². The van der Waals surface area contributed by atoms with E-state index in [9.17, 15) is 4.39 Å². The number of rotatable bonds is 4. The first-order valence-electron chi connectivity index (χ1n) is 5.99. The molecule has 0 aromatic heterocycles. The van der Waals surface area contributed by atoms with Crippen LogP contribution < -0.4 is 9.47 Å². The summed E-state index contributed by atoms with van der Waals surface area (Å²) in [5, 5.41) is 0. The molecule has 2 nitrogen and oxygen atoms in total. The Hall–Kier alpha value is -0.590. The van der Waals surface area contributed by atoms with Crippen LogP contribution in [0.2, 0.25) is 0 Å². The Morgan fingerprint density at radius 2 is 1.67 bits per heavy atom. The van der Waals surface area contributed by atoms with E-state index in [-0.39, 0.29) is 10.6 Å². The molecule has 0 N–H and O–H groups in total. The fourth-order valence-electron chi connectivity index (χ4n) is 1.99. The van der Waals surface area contributed by atoms with Gasteiger partial charge in [0.2, 0.25) is 0 Å². The summed E-state index contributed by atoms with van der Waals surface area (Å²) in [6.45, 7) is 0. The SMILES string of the molecule is COc1ccc(C(Br)c2ccc(Br)cc2F)c(OC)c1Br. The third kappa shape index (κ3) is 3.43. The molecule has 2 aromatic carbocycles. The van der Waals surface area contributed by atoms with Gasteiger partial charge < -0.3 is 9.47 Å². The minimum absolute atomic E-state index is 0.291. The van der Waals surface area contributed by atoms with Crippen LogP contribution in [0.3, 0.4) is 0 Å². The quantitative estimate of drug-likeness (QED) is 0.509. The van der Waals surface area contributed by atoms with E-state index in [1.54, 1.807) is 26.4 Å². The van der Waals surface area contributed by atoms with Gasteiger partial charge in [-0.15, -0.1) is 0 Å². The molecule has 0 saturated carbocycles. The van der Waals surface area contributed by atoms with E-state index in [1.165, 1.54) is 6.07 Å². The molecule has 1 unspecified atom stereocenters. The van der Waals surface area contributed by atoms with E-state index in [4.69, 9.17) is 9.47 Å². The predicted molar refractivity (Wildman–Crippen MR) is 92.1 cm³/mol. The Morgan fingerprint density at radius 3 is 2.24 bits per heavy atom. The Bertz CT molecular complexity index is 662. The molecule has 21 heavy (non-hydrogen) atoms. The van der Waals surface area contributed by atoms with Gasteiger partial charge in [0.1, 0.15) is 21.8 Å². The van der Waals surface area contributed by atoms with Gasteiger partial charge in [0.05, 0.1) is 19.0 Å². The minimum atomic E-state index is -0.331. The molecule has 0 saturated heterocycles. The number of halogens is 4. The average molecular weight is 483 g/mol. The van der Waals surface area contributed by atoms with Crippen LogP contribution in [0.15, 0.2) is 39.3 Å². The van der Waals surface area contributed by atoms with Gasteiger partial charge in [0.15, 0.2) is 0 Å². The molecule has 6 heteroatoms. The van der Waals surface area contributed by atoms with E-state index in [1.807, 2.05) is 12.1 Å². The number of hydrogen-bond donors (Lipinski definition) is 0. The van der Waals surface area contributed by atoms with Crippen molar-refractivity contribution in [2.75, 3.05) is 14.2 Å². The average Bonchev–Trinajstić information content (AvgIpc) is 2.46. The van der Waals surface area contributed by atoms with Crippen molar-refractivity contribution >= 4 is 47.8 Å². The summed E-state index contributed by atoms with van der Waals surface area (Å²) in [5.41, 5.74) is 1.35. The number of hydrogen-bond acceptors (Lipinski definition) is 2. The first-order valence-corrected chi connectivity index (χ1v) is 8.49. The van der Waals surface area contributed by atoms with E-state index in [0.717, 1.165) is 5.56 Å². The number of ether oxygens (including phenoxy) is 2. The molecular weight excluding hydrogens is 471 g/mol. The number of alkyl halides is 1. The Morgan fingerprint density at radius 1 is 1.00 bits per heavy atom. The fraction of sp³-hybridized carbons (Fsp3) is 0.200. The largest absolute Gasteiger partial charge is 0.495 e. The van der Waals surface area contributed by atoms with Gasteiger partial charge in [-0.1, -0.05) is 44.0 Å². The molecular formula is C15H12Br3FO2. The van der Waals surface area contributed by atoms with Crippen molar-refractivity contribution in [2.45, 2.75) is 4.83 Å². The maximum atomic E-state index is 14.1. The third-order valence-electron chi connectivity index (χ3n) is 3.02. The molecule has 0 aliphatic heterocycles. The Labute approximate surface area is 148 Å². The second kappa shape index (κ2) is 7.11. The third-order valence-corrected chi connectivity index (χ3v) is 5.26. The van der Waals surface area contributed by atoms with Crippen molar-refractivity contribution in [1.29, 1.82) is 0 Å². The standard InChI is InChI=1S/C15H12Br3FO2/c1-20-12-6-5-10(15(21-2)14(12)18)13(17)9-4-3-8(16)7-11(9)19/h3-7,13H,1-2H3. The van der Waals surface area contributed by atoms with Crippen LogP contribution >= 0.6 is 47.8 Å². The van der Waals surface area contributed by atoms with Crippen molar-refractivity contribution < 1.29 is 13.9 Å². The monoisotopic (exact) mass is 480 g/mol. The molecule has 0 bridgehead atoms. The van der Waals surface area contributed by atoms with Crippen LogP contribution in [-0.4, -0.2) is 14.2 Å². The highest BCUT2D eigenvalue weighted by molar-refractivity contribution is 9.11. The first-order chi connectivity index (χ1) is 9.99. The lowest BCUT2D eigenvalue weighted by atomic mass is 10.0. The lowest BCUT2D eigenvalue weighted by Gasteiger charge is -2.18. The second-order valence-corrected chi connectivity index (χ2v) is 6.86. The molecule has 2 aromatic rings. The smallest absolute Gasteiger partial charge is 0.141 e. The second-order valence-electron chi connectivity index (χ2n) is 4.23. The van der Waals surface area contributed by atoms with E-state index in [0.29, 0.717) is 26.0 Å². The number of methoxy groups -OCH3 is 2. The number of benzene rings is 2. The molecule has 1 atom stereocenters. The molecule has 2 rings (SSSR count). The highest BCUT2D eigenvalue weighted by Gasteiger charge is 2.22. The molecule has 0 spiro atoms. The van der Waals surface area contributed by atoms with Gasteiger partial charge in [-0.3, -0.25) is 0 Å². The van der Waals surface area contributed by atoms with Gasteiger partial charge in [-0.2, -0.15) is 0 Å². The van der Waals surface area contributed by atoms with E-state index >= 15 is 0 Å². The molecule has 0 fully saturated rings. The summed E-state index contributed by atoms with van der Waals surface area (Å²) < 4.78 is 26.2. The van der Waals surface area contributed by atoms with Crippen LogP contribution in [0.1, 0.15) is 16.0 Å². The first kappa shape index (κ1) is 16.8. The Kier molecular flexibility index (Phi) is 5.68. The van der Waals surface area contributed by atoms with Crippen molar-refractivity contribution in [3.05, 3.63) is 56.2 Å². The van der Waals surface area contributed by atoms with Crippen molar-refractivity contribution in [3.8, 4) is 11.5 Å².